The van der Waals surface area contributed by atoms with Crippen LogP contribution in [-0.2, 0) is 4.79 Å². The van der Waals surface area contributed by atoms with Crippen molar-refractivity contribution in [1.82, 2.24) is 10.2 Å². The van der Waals surface area contributed by atoms with E-state index in [0.717, 1.165) is 51.3 Å². The second-order valence-electron chi connectivity index (χ2n) is 6.52. The molecule has 134 valence electrons. The molecule has 3 atom stereocenters. The first kappa shape index (κ1) is 19.8. The second kappa shape index (κ2) is 8.26. The zero-order valence-electron chi connectivity index (χ0n) is 13.6. The normalized spacial score (nSPS) is 34.2. The number of hydrogen-bond acceptors (Lipinski definition) is 4. The molecule has 0 saturated carbocycles. The molecule has 7 heteroatoms. The standard InChI is InChI=1S/C17H23N3OS.2ClH/c21-16(20-10-3-7-18-9-11-20)13-12-22-17-6-2-1-4-15(17)19-8-5-14(13)17;;/h1-2,4,6,13-14,18H,3,5,7-12H2;2*1H. The molecule has 0 aromatic heterocycles. The van der Waals surface area contributed by atoms with Gasteiger partial charge in [-0.05, 0) is 31.4 Å². The van der Waals surface area contributed by atoms with E-state index >= 15 is 0 Å². The van der Waals surface area contributed by atoms with E-state index in [0.29, 0.717) is 11.8 Å². The van der Waals surface area contributed by atoms with Crippen LogP contribution in [0.4, 0.5) is 0 Å². The minimum atomic E-state index is -0.0303. The maximum absolute atomic E-state index is 13.1. The highest BCUT2D eigenvalue weighted by atomic mass is 35.5. The maximum atomic E-state index is 13.1. The summed E-state index contributed by atoms with van der Waals surface area (Å²) in [4.78, 5) is 19.9. The van der Waals surface area contributed by atoms with Gasteiger partial charge in [0.05, 0.1) is 16.4 Å². The first-order valence-corrected chi connectivity index (χ1v) is 9.34. The fourth-order valence-electron chi connectivity index (χ4n) is 4.21. The Morgan fingerprint density at radius 3 is 3.04 bits per heavy atom. The van der Waals surface area contributed by atoms with Crippen LogP contribution >= 0.6 is 36.6 Å². The Kier molecular flexibility index (Phi) is 6.82. The van der Waals surface area contributed by atoms with Gasteiger partial charge in [-0.1, -0.05) is 18.2 Å². The molecular formula is C17H25Cl2N3OS. The second-order valence-corrected chi connectivity index (χ2v) is 7.82. The van der Waals surface area contributed by atoms with Gasteiger partial charge in [-0.15, -0.1) is 36.6 Å². The third-order valence-corrected chi connectivity index (χ3v) is 6.99. The van der Waals surface area contributed by atoms with Crippen LogP contribution in [0.1, 0.15) is 12.8 Å². The number of rotatable bonds is 1. The molecule has 2 saturated heterocycles. The molecule has 1 spiro atoms. The van der Waals surface area contributed by atoms with Crippen LogP contribution < -0.4 is 5.32 Å². The number of thioether (sulfide) groups is 1. The topological polar surface area (TPSA) is 44.7 Å². The van der Waals surface area contributed by atoms with E-state index in [1.807, 2.05) is 11.8 Å². The quantitative estimate of drug-likeness (QED) is 0.748. The molecule has 3 aliphatic heterocycles. The molecule has 0 radical (unpaired) electrons. The minimum Gasteiger partial charge on any atom is -0.341 e. The van der Waals surface area contributed by atoms with Crippen molar-refractivity contribution in [3.63, 3.8) is 0 Å². The van der Waals surface area contributed by atoms with Gasteiger partial charge in [0.15, 0.2) is 0 Å². The number of hydrogen-bond donors (Lipinski definition) is 1. The summed E-state index contributed by atoms with van der Waals surface area (Å²) >= 11 is 1.93. The van der Waals surface area contributed by atoms with Gasteiger partial charge in [-0.2, -0.15) is 0 Å². The number of aliphatic imine (C=N–C) groups is 1. The molecule has 4 nitrogen and oxygen atoms in total. The Morgan fingerprint density at radius 2 is 2.17 bits per heavy atom. The zero-order valence-corrected chi connectivity index (χ0v) is 16.1. The van der Waals surface area contributed by atoms with Crippen LogP contribution in [0.25, 0.3) is 0 Å². The van der Waals surface area contributed by atoms with Gasteiger partial charge in [0, 0.05) is 31.9 Å². The molecule has 1 aliphatic carbocycles. The predicted molar refractivity (Wildman–Crippen MR) is 106 cm³/mol. The van der Waals surface area contributed by atoms with E-state index in [1.54, 1.807) is 0 Å². The molecule has 4 aliphatic rings. The Labute approximate surface area is 160 Å². The summed E-state index contributed by atoms with van der Waals surface area (Å²) in [5.74, 6) is 1.88. The molecule has 0 aromatic rings. The average molecular weight is 390 g/mol. The minimum absolute atomic E-state index is 0. The third kappa shape index (κ3) is 3.28. The van der Waals surface area contributed by atoms with Crippen molar-refractivity contribution in [2.45, 2.75) is 17.6 Å². The van der Waals surface area contributed by atoms with Crippen LogP contribution in [0.3, 0.4) is 0 Å². The lowest BCUT2D eigenvalue weighted by Gasteiger charge is -2.39. The summed E-state index contributed by atoms with van der Waals surface area (Å²) in [6.07, 6.45) is 10.7. The smallest absolute Gasteiger partial charge is 0.226 e. The molecule has 2 fully saturated rings. The molecule has 3 unspecified atom stereocenters. The van der Waals surface area contributed by atoms with E-state index in [2.05, 4.69) is 34.5 Å². The Bertz CT molecular complexity index is 558. The summed E-state index contributed by atoms with van der Waals surface area (Å²) in [6, 6.07) is 0. The van der Waals surface area contributed by atoms with Gasteiger partial charge in [0.1, 0.15) is 0 Å². The summed E-state index contributed by atoms with van der Waals surface area (Å²) in [5.41, 5.74) is 1.18. The van der Waals surface area contributed by atoms with Crippen molar-refractivity contribution in [2.75, 3.05) is 38.5 Å². The van der Waals surface area contributed by atoms with Crippen molar-refractivity contribution in [1.29, 1.82) is 0 Å². The van der Waals surface area contributed by atoms with E-state index in [1.165, 1.54) is 5.71 Å². The number of nitrogens with one attached hydrogen (secondary N) is 1. The highest BCUT2D eigenvalue weighted by molar-refractivity contribution is 8.02. The fraction of sp³-hybridized carbons (Fsp3) is 0.647. The molecule has 0 aromatic carbocycles. The number of allylic oxidation sites excluding steroid dienone is 3. The maximum Gasteiger partial charge on any atom is 0.226 e. The van der Waals surface area contributed by atoms with E-state index in [9.17, 15) is 4.79 Å². The van der Waals surface area contributed by atoms with Gasteiger partial charge in [0.2, 0.25) is 5.91 Å². The predicted octanol–water partition coefficient (Wildman–Crippen LogP) is 2.34. The van der Waals surface area contributed by atoms with Crippen LogP contribution in [0.15, 0.2) is 29.3 Å². The van der Waals surface area contributed by atoms with Crippen molar-refractivity contribution in [2.24, 2.45) is 16.8 Å². The lowest BCUT2D eigenvalue weighted by molar-refractivity contribution is -0.136. The van der Waals surface area contributed by atoms with Gasteiger partial charge in [0.25, 0.3) is 0 Å². The van der Waals surface area contributed by atoms with E-state index in [-0.39, 0.29) is 35.5 Å². The van der Waals surface area contributed by atoms with Gasteiger partial charge >= 0.3 is 0 Å². The highest BCUT2D eigenvalue weighted by Crippen LogP contribution is 2.53. The lowest BCUT2D eigenvalue weighted by atomic mass is 9.74. The van der Waals surface area contributed by atoms with Gasteiger partial charge in [-0.3, -0.25) is 9.79 Å². The van der Waals surface area contributed by atoms with Gasteiger partial charge < -0.3 is 10.2 Å². The molecule has 3 heterocycles. The lowest BCUT2D eigenvalue weighted by Crippen LogP contribution is -2.47. The number of amides is 1. The van der Waals surface area contributed by atoms with Crippen LogP contribution in [0, 0.1) is 11.8 Å². The molecular weight excluding hydrogens is 365 g/mol. The average Bonchev–Trinajstić information content (AvgIpc) is 2.74. The number of halogens is 2. The summed E-state index contributed by atoms with van der Waals surface area (Å²) < 4.78 is -0.0303. The molecule has 0 bridgehead atoms. The first-order chi connectivity index (χ1) is 10.8. The van der Waals surface area contributed by atoms with Crippen molar-refractivity contribution in [3.05, 3.63) is 24.3 Å². The number of nitrogens with zero attached hydrogens (tertiary/aromatic N) is 2. The molecule has 1 amide bonds. The first-order valence-electron chi connectivity index (χ1n) is 8.35. The van der Waals surface area contributed by atoms with Crippen LogP contribution in [-0.4, -0.2) is 59.7 Å². The highest BCUT2D eigenvalue weighted by Gasteiger charge is 2.54. The van der Waals surface area contributed by atoms with Crippen molar-refractivity contribution in [3.8, 4) is 0 Å². The largest absolute Gasteiger partial charge is 0.341 e. The fourth-order valence-corrected chi connectivity index (χ4v) is 5.99. The number of carbonyl (C=O) groups is 1. The van der Waals surface area contributed by atoms with E-state index < -0.39 is 0 Å². The zero-order chi connectivity index (χ0) is 15.0. The Morgan fingerprint density at radius 1 is 1.29 bits per heavy atom. The van der Waals surface area contributed by atoms with Crippen LogP contribution in [0.5, 0.6) is 0 Å². The molecule has 24 heavy (non-hydrogen) atoms. The monoisotopic (exact) mass is 389 g/mol. The van der Waals surface area contributed by atoms with Crippen molar-refractivity contribution >= 4 is 48.2 Å². The Hall–Kier alpha value is -0.490. The SMILES string of the molecule is Cl.Cl.O=C(C1CSC23C=CC=CC2=NCCC13)N1CCCNCC1. The summed E-state index contributed by atoms with van der Waals surface area (Å²) in [5, 5.41) is 3.38. The molecule has 4 rings (SSSR count). The molecule has 1 N–H and O–H groups in total. The third-order valence-electron chi connectivity index (χ3n) is 5.34. The summed E-state index contributed by atoms with van der Waals surface area (Å²) in [7, 11) is 0. The van der Waals surface area contributed by atoms with Crippen molar-refractivity contribution < 1.29 is 4.79 Å². The van der Waals surface area contributed by atoms with E-state index in [4.69, 9.17) is 4.99 Å². The van der Waals surface area contributed by atoms with Crippen LogP contribution in [0.2, 0.25) is 0 Å². The summed E-state index contributed by atoms with van der Waals surface area (Å²) in [6.45, 7) is 4.59. The van der Waals surface area contributed by atoms with Gasteiger partial charge in [-0.25, -0.2) is 0 Å². The number of carbonyl (C=O) groups excluding carboxylic acids is 1. The Balaban J connectivity index is 0.00000104.